The van der Waals surface area contributed by atoms with E-state index in [4.69, 9.17) is 0 Å². The van der Waals surface area contributed by atoms with Gasteiger partial charge in [0.2, 0.25) is 0 Å². The molecule has 0 amide bonds. The fraction of sp³-hybridized carbons (Fsp3) is 0.545. The fourth-order valence-corrected chi connectivity index (χ4v) is 3.42. The maximum Gasteiger partial charge on any atom is 0.142 e. The van der Waals surface area contributed by atoms with Crippen LogP contribution in [0.1, 0.15) is 13.8 Å². The third-order valence-electron chi connectivity index (χ3n) is 2.46. The molecule has 1 aromatic rings. The number of aromatic nitrogens is 1. The number of thioether (sulfide) groups is 1. The lowest BCUT2D eigenvalue weighted by atomic mass is 10.2. The minimum Gasteiger partial charge on any atom is -0.353 e. The summed E-state index contributed by atoms with van der Waals surface area (Å²) in [6.07, 6.45) is 1.86. The van der Waals surface area contributed by atoms with Gasteiger partial charge in [-0.25, -0.2) is 4.98 Å². The maximum atomic E-state index is 4.44. The Morgan fingerprint density at radius 2 is 2.33 bits per heavy atom. The van der Waals surface area contributed by atoms with Gasteiger partial charge in [-0.3, -0.25) is 0 Å². The van der Waals surface area contributed by atoms with Gasteiger partial charge in [-0.1, -0.05) is 0 Å². The van der Waals surface area contributed by atoms with Gasteiger partial charge in [0.25, 0.3) is 0 Å². The molecule has 0 radical (unpaired) electrons. The first-order chi connectivity index (χ1) is 7.08. The van der Waals surface area contributed by atoms with Crippen molar-refractivity contribution in [2.75, 3.05) is 23.7 Å². The molecule has 2 nitrogen and oxygen atoms in total. The molecule has 0 atom stereocenters. The molecule has 1 aliphatic heterocycles. The van der Waals surface area contributed by atoms with Crippen LogP contribution < -0.4 is 4.90 Å². The zero-order valence-electron chi connectivity index (χ0n) is 9.03. The van der Waals surface area contributed by atoms with Crippen molar-refractivity contribution in [3.63, 3.8) is 0 Å². The van der Waals surface area contributed by atoms with Crippen molar-refractivity contribution in [1.82, 2.24) is 4.98 Å². The van der Waals surface area contributed by atoms with Crippen LogP contribution in [0.2, 0.25) is 0 Å². The van der Waals surface area contributed by atoms with Gasteiger partial charge in [0.15, 0.2) is 0 Å². The second kappa shape index (κ2) is 4.34. The number of halogens is 1. The van der Waals surface area contributed by atoms with Crippen LogP contribution in [0.3, 0.4) is 0 Å². The van der Waals surface area contributed by atoms with E-state index in [0.717, 1.165) is 23.4 Å². The van der Waals surface area contributed by atoms with E-state index >= 15 is 0 Å². The van der Waals surface area contributed by atoms with Crippen molar-refractivity contribution >= 4 is 33.5 Å². The van der Waals surface area contributed by atoms with E-state index in [2.05, 4.69) is 45.7 Å². The predicted octanol–water partition coefficient (Wildman–Crippen LogP) is 3.18. The van der Waals surface area contributed by atoms with Crippen LogP contribution in [0.15, 0.2) is 22.8 Å². The summed E-state index contributed by atoms with van der Waals surface area (Å²) in [5, 5.41) is 0. The first kappa shape index (κ1) is 11.3. The van der Waals surface area contributed by atoms with Crippen molar-refractivity contribution in [2.45, 2.75) is 18.6 Å². The largest absolute Gasteiger partial charge is 0.353 e. The molecule has 1 aliphatic rings. The van der Waals surface area contributed by atoms with Crippen LogP contribution in [0.5, 0.6) is 0 Å². The predicted molar refractivity (Wildman–Crippen MR) is 70.7 cm³/mol. The molecule has 0 saturated carbocycles. The summed E-state index contributed by atoms with van der Waals surface area (Å²) in [6, 6.07) is 4.01. The molecule has 1 aromatic heterocycles. The van der Waals surface area contributed by atoms with Gasteiger partial charge in [-0.05, 0) is 41.9 Å². The molecule has 1 fully saturated rings. The Labute approximate surface area is 104 Å². The molecule has 0 aromatic carbocycles. The first-order valence-electron chi connectivity index (χ1n) is 5.08. The van der Waals surface area contributed by atoms with Gasteiger partial charge in [-0.2, -0.15) is 11.8 Å². The maximum absolute atomic E-state index is 4.44. The highest BCUT2D eigenvalue weighted by Crippen LogP contribution is 2.33. The zero-order valence-corrected chi connectivity index (χ0v) is 11.4. The Morgan fingerprint density at radius 1 is 1.53 bits per heavy atom. The first-order valence-corrected chi connectivity index (χ1v) is 6.86. The number of nitrogens with zero attached hydrogens (tertiary/aromatic N) is 2. The Hall–Kier alpha value is -0.220. The lowest BCUT2D eigenvalue weighted by molar-refractivity contribution is 0.641. The van der Waals surface area contributed by atoms with Gasteiger partial charge in [0.05, 0.1) is 4.47 Å². The van der Waals surface area contributed by atoms with Crippen LogP contribution in [0.25, 0.3) is 0 Å². The van der Waals surface area contributed by atoms with Gasteiger partial charge >= 0.3 is 0 Å². The molecule has 15 heavy (non-hydrogen) atoms. The number of anilines is 1. The van der Waals surface area contributed by atoms with Crippen LogP contribution in [-0.2, 0) is 0 Å². The minimum atomic E-state index is 0.329. The standard InChI is InChI=1S/C11H15BrN2S/c1-11(2)8-14(6-7-15-11)10-9(12)4-3-5-13-10/h3-5H,6-8H2,1-2H3. The summed E-state index contributed by atoms with van der Waals surface area (Å²) in [5.74, 6) is 2.25. The summed E-state index contributed by atoms with van der Waals surface area (Å²) in [6.45, 7) is 6.73. The van der Waals surface area contributed by atoms with Gasteiger partial charge in [0, 0.05) is 29.8 Å². The average Bonchev–Trinajstić information content (AvgIpc) is 2.17. The summed E-state index contributed by atoms with van der Waals surface area (Å²) >= 11 is 5.60. The number of hydrogen-bond acceptors (Lipinski definition) is 3. The van der Waals surface area contributed by atoms with E-state index in [1.807, 2.05) is 24.0 Å². The molecule has 0 bridgehead atoms. The minimum absolute atomic E-state index is 0.329. The van der Waals surface area contributed by atoms with E-state index in [0.29, 0.717) is 4.75 Å². The van der Waals surface area contributed by atoms with Crippen LogP contribution in [0.4, 0.5) is 5.82 Å². The second-order valence-electron chi connectivity index (χ2n) is 4.34. The van der Waals surface area contributed by atoms with E-state index in [9.17, 15) is 0 Å². The monoisotopic (exact) mass is 286 g/mol. The third kappa shape index (κ3) is 2.67. The summed E-state index contributed by atoms with van der Waals surface area (Å²) in [7, 11) is 0. The molecular weight excluding hydrogens is 272 g/mol. The molecule has 0 N–H and O–H groups in total. The van der Waals surface area contributed by atoms with Gasteiger partial charge in [0.1, 0.15) is 5.82 Å². The zero-order chi connectivity index (χ0) is 10.9. The van der Waals surface area contributed by atoms with Crippen molar-refractivity contribution in [3.8, 4) is 0 Å². The molecule has 0 unspecified atom stereocenters. The molecular formula is C11H15BrN2S. The Kier molecular flexibility index (Phi) is 3.26. The molecule has 0 spiro atoms. The van der Waals surface area contributed by atoms with E-state index in [-0.39, 0.29) is 0 Å². The lowest BCUT2D eigenvalue weighted by Gasteiger charge is -2.38. The molecule has 2 rings (SSSR count). The van der Waals surface area contributed by atoms with Crippen molar-refractivity contribution in [3.05, 3.63) is 22.8 Å². The quantitative estimate of drug-likeness (QED) is 0.789. The van der Waals surface area contributed by atoms with Crippen molar-refractivity contribution < 1.29 is 0 Å². The SMILES string of the molecule is CC1(C)CN(c2ncccc2Br)CCS1. The Balaban J connectivity index is 2.21. The topological polar surface area (TPSA) is 16.1 Å². The van der Waals surface area contributed by atoms with Crippen molar-refractivity contribution in [2.24, 2.45) is 0 Å². The lowest BCUT2D eigenvalue weighted by Crippen LogP contribution is -2.43. The molecule has 4 heteroatoms. The highest BCUT2D eigenvalue weighted by molar-refractivity contribution is 9.10. The highest BCUT2D eigenvalue weighted by Gasteiger charge is 2.28. The van der Waals surface area contributed by atoms with E-state index in [1.54, 1.807) is 0 Å². The average molecular weight is 287 g/mol. The Morgan fingerprint density at radius 3 is 3.00 bits per heavy atom. The van der Waals surface area contributed by atoms with Crippen LogP contribution in [-0.4, -0.2) is 28.6 Å². The Bertz CT molecular complexity index is 354. The summed E-state index contributed by atoms with van der Waals surface area (Å²) in [5.41, 5.74) is 0. The fourth-order valence-electron chi connectivity index (χ4n) is 1.81. The molecule has 0 aliphatic carbocycles. The van der Waals surface area contributed by atoms with Crippen LogP contribution >= 0.6 is 27.7 Å². The van der Waals surface area contributed by atoms with Crippen LogP contribution in [0, 0.1) is 0 Å². The molecule has 82 valence electrons. The van der Waals surface area contributed by atoms with E-state index < -0.39 is 0 Å². The summed E-state index contributed by atoms with van der Waals surface area (Å²) in [4.78, 5) is 6.80. The number of rotatable bonds is 1. The second-order valence-corrected chi connectivity index (χ2v) is 6.99. The molecule has 2 heterocycles. The van der Waals surface area contributed by atoms with Gasteiger partial charge in [-0.15, -0.1) is 0 Å². The summed E-state index contributed by atoms with van der Waals surface area (Å²) < 4.78 is 1.42. The molecule has 1 saturated heterocycles. The smallest absolute Gasteiger partial charge is 0.142 e. The van der Waals surface area contributed by atoms with E-state index in [1.165, 1.54) is 5.75 Å². The number of pyridine rings is 1. The van der Waals surface area contributed by atoms with Gasteiger partial charge < -0.3 is 4.90 Å². The third-order valence-corrected chi connectivity index (χ3v) is 4.38. The normalized spacial score (nSPS) is 20.3. The van der Waals surface area contributed by atoms with Crippen molar-refractivity contribution in [1.29, 1.82) is 0 Å². The highest BCUT2D eigenvalue weighted by atomic mass is 79.9. The number of hydrogen-bond donors (Lipinski definition) is 0.